The van der Waals surface area contributed by atoms with E-state index in [0.717, 1.165) is 11.3 Å². The third-order valence-electron chi connectivity index (χ3n) is 5.27. The van der Waals surface area contributed by atoms with Crippen molar-refractivity contribution in [3.8, 4) is 5.75 Å². The largest absolute Gasteiger partial charge is 0.491 e. The average molecular weight is 499 g/mol. The highest BCUT2D eigenvalue weighted by Crippen LogP contribution is 2.29. The molecular weight excluding hydrogens is 471 g/mol. The maximum absolute atomic E-state index is 13.0. The van der Waals surface area contributed by atoms with Crippen LogP contribution in [0.3, 0.4) is 0 Å². The first-order chi connectivity index (χ1) is 15.2. The number of amides is 1. The fraction of sp³-hybridized carbons (Fsp3) is 0.435. The van der Waals surface area contributed by atoms with Crippen molar-refractivity contribution >= 4 is 39.1 Å². The van der Waals surface area contributed by atoms with Crippen LogP contribution in [0.25, 0.3) is 0 Å². The summed E-state index contributed by atoms with van der Waals surface area (Å²) in [7, 11) is -3.66. The summed E-state index contributed by atoms with van der Waals surface area (Å²) in [4.78, 5) is 12.8. The molecule has 1 amide bonds. The molecule has 0 bridgehead atoms. The van der Waals surface area contributed by atoms with E-state index in [0.29, 0.717) is 41.5 Å². The third kappa shape index (κ3) is 6.61. The first-order valence-corrected chi connectivity index (χ1v) is 13.0. The number of nitrogens with one attached hydrogen (secondary N) is 1. The molecule has 3 rings (SSSR count). The van der Waals surface area contributed by atoms with Crippen LogP contribution in [0.1, 0.15) is 37.8 Å². The quantitative estimate of drug-likeness (QED) is 0.575. The topological polar surface area (TPSA) is 75.7 Å². The Balaban J connectivity index is 1.61. The molecule has 1 heterocycles. The number of carbonyl (C=O) groups excluding carboxylic acids is 1. The van der Waals surface area contributed by atoms with Crippen molar-refractivity contribution in [1.82, 2.24) is 9.62 Å². The standard InChI is InChI=1S/C23H28Cl2N2O4S/c1-16(2)31-19-8-3-6-17(12-19)13-26-23(28)18-7-5-11-27(14-18)32(29,30)15-20-21(24)9-4-10-22(20)25/h3-4,6,8-10,12,16,18H,5,7,11,13-15H2,1-2H3,(H,26,28). The zero-order chi connectivity index (χ0) is 23.3. The van der Waals surface area contributed by atoms with Gasteiger partial charge in [0.2, 0.25) is 15.9 Å². The molecule has 9 heteroatoms. The molecule has 2 aromatic carbocycles. The Kier molecular flexibility index (Phi) is 8.44. The number of hydrogen-bond donors (Lipinski definition) is 1. The minimum atomic E-state index is -3.66. The fourth-order valence-corrected chi connectivity index (χ4v) is 6.05. The summed E-state index contributed by atoms with van der Waals surface area (Å²) < 4.78 is 33.1. The molecule has 1 atom stereocenters. The summed E-state index contributed by atoms with van der Waals surface area (Å²) >= 11 is 12.3. The van der Waals surface area contributed by atoms with Gasteiger partial charge in [-0.2, -0.15) is 0 Å². The maximum Gasteiger partial charge on any atom is 0.224 e. The molecule has 0 aliphatic carbocycles. The Morgan fingerprint density at radius 1 is 1.19 bits per heavy atom. The average Bonchev–Trinajstić information content (AvgIpc) is 2.75. The van der Waals surface area contributed by atoms with E-state index < -0.39 is 15.9 Å². The van der Waals surface area contributed by atoms with Gasteiger partial charge >= 0.3 is 0 Å². The number of sulfonamides is 1. The van der Waals surface area contributed by atoms with Gasteiger partial charge < -0.3 is 10.1 Å². The van der Waals surface area contributed by atoms with Crippen LogP contribution < -0.4 is 10.1 Å². The van der Waals surface area contributed by atoms with Crippen molar-refractivity contribution in [1.29, 1.82) is 0 Å². The minimum absolute atomic E-state index is 0.0654. The first kappa shape index (κ1) is 24.8. The molecule has 0 saturated carbocycles. The van der Waals surface area contributed by atoms with Crippen molar-refractivity contribution < 1.29 is 17.9 Å². The van der Waals surface area contributed by atoms with Gasteiger partial charge in [-0.15, -0.1) is 0 Å². The lowest BCUT2D eigenvalue weighted by Gasteiger charge is -2.31. The van der Waals surface area contributed by atoms with E-state index in [1.165, 1.54) is 4.31 Å². The van der Waals surface area contributed by atoms with Gasteiger partial charge in [0, 0.05) is 35.2 Å². The molecule has 1 saturated heterocycles. The van der Waals surface area contributed by atoms with Gasteiger partial charge in [-0.1, -0.05) is 41.4 Å². The molecule has 6 nitrogen and oxygen atoms in total. The number of ether oxygens (including phenoxy) is 1. The second-order valence-corrected chi connectivity index (χ2v) is 11.0. The summed E-state index contributed by atoms with van der Waals surface area (Å²) in [6.07, 6.45) is 1.32. The van der Waals surface area contributed by atoms with E-state index in [1.807, 2.05) is 38.1 Å². The van der Waals surface area contributed by atoms with Crippen molar-refractivity contribution in [3.63, 3.8) is 0 Å². The Hall–Kier alpha value is -1.80. The highest BCUT2D eigenvalue weighted by molar-refractivity contribution is 7.88. The Morgan fingerprint density at radius 3 is 2.56 bits per heavy atom. The van der Waals surface area contributed by atoms with Gasteiger partial charge in [0.25, 0.3) is 0 Å². The molecule has 32 heavy (non-hydrogen) atoms. The van der Waals surface area contributed by atoms with Gasteiger partial charge in [-0.3, -0.25) is 4.79 Å². The number of hydrogen-bond acceptors (Lipinski definition) is 4. The Labute approximate surface area is 199 Å². The van der Waals surface area contributed by atoms with Crippen LogP contribution in [0.4, 0.5) is 0 Å². The van der Waals surface area contributed by atoms with E-state index in [1.54, 1.807) is 18.2 Å². The SMILES string of the molecule is CC(C)Oc1cccc(CNC(=O)C2CCCN(S(=O)(=O)Cc3c(Cl)cccc3Cl)C2)c1. The highest BCUT2D eigenvalue weighted by atomic mass is 35.5. The smallest absolute Gasteiger partial charge is 0.224 e. The van der Waals surface area contributed by atoms with Crippen LogP contribution in [0.2, 0.25) is 10.0 Å². The Morgan fingerprint density at radius 2 is 1.88 bits per heavy atom. The summed E-state index contributed by atoms with van der Waals surface area (Å²) in [5.74, 6) is -0.103. The molecule has 1 aliphatic heterocycles. The van der Waals surface area contributed by atoms with Crippen LogP contribution in [-0.4, -0.2) is 37.8 Å². The van der Waals surface area contributed by atoms with Crippen molar-refractivity contribution in [2.45, 2.75) is 45.1 Å². The number of benzene rings is 2. The molecule has 0 spiro atoms. The molecule has 1 fully saturated rings. The van der Waals surface area contributed by atoms with Gasteiger partial charge in [0.1, 0.15) is 5.75 Å². The molecule has 1 unspecified atom stereocenters. The van der Waals surface area contributed by atoms with Gasteiger partial charge in [-0.25, -0.2) is 12.7 Å². The van der Waals surface area contributed by atoms with E-state index in [4.69, 9.17) is 27.9 Å². The van der Waals surface area contributed by atoms with Crippen LogP contribution >= 0.6 is 23.2 Å². The van der Waals surface area contributed by atoms with Crippen LogP contribution in [0.5, 0.6) is 5.75 Å². The van der Waals surface area contributed by atoms with Crippen molar-refractivity contribution in [3.05, 3.63) is 63.6 Å². The van der Waals surface area contributed by atoms with E-state index in [2.05, 4.69) is 5.32 Å². The lowest BCUT2D eigenvalue weighted by Crippen LogP contribution is -2.45. The zero-order valence-electron chi connectivity index (χ0n) is 18.2. The minimum Gasteiger partial charge on any atom is -0.491 e. The monoisotopic (exact) mass is 498 g/mol. The van der Waals surface area contributed by atoms with Crippen LogP contribution in [0, 0.1) is 5.92 Å². The molecule has 0 radical (unpaired) electrons. The molecule has 2 aromatic rings. The van der Waals surface area contributed by atoms with Gasteiger partial charge in [-0.05, 0) is 56.5 Å². The maximum atomic E-state index is 13.0. The normalized spacial score (nSPS) is 17.3. The summed E-state index contributed by atoms with van der Waals surface area (Å²) in [6.45, 7) is 4.79. The molecule has 0 aromatic heterocycles. The number of rotatable bonds is 8. The highest BCUT2D eigenvalue weighted by Gasteiger charge is 2.33. The second kappa shape index (κ2) is 10.9. The van der Waals surface area contributed by atoms with E-state index in [-0.39, 0.29) is 24.3 Å². The van der Waals surface area contributed by atoms with E-state index >= 15 is 0 Å². The zero-order valence-corrected chi connectivity index (χ0v) is 20.5. The number of piperidine rings is 1. The van der Waals surface area contributed by atoms with Crippen LogP contribution in [-0.2, 0) is 27.1 Å². The van der Waals surface area contributed by atoms with Crippen LogP contribution in [0.15, 0.2) is 42.5 Å². The molecular formula is C23H28Cl2N2O4S. The number of halogens is 2. The molecule has 1 N–H and O–H groups in total. The van der Waals surface area contributed by atoms with E-state index in [9.17, 15) is 13.2 Å². The number of carbonyl (C=O) groups is 1. The third-order valence-corrected chi connectivity index (χ3v) is 7.75. The van der Waals surface area contributed by atoms with Crippen molar-refractivity contribution in [2.75, 3.05) is 13.1 Å². The lowest BCUT2D eigenvalue weighted by atomic mass is 9.99. The van der Waals surface area contributed by atoms with Gasteiger partial charge in [0.15, 0.2) is 0 Å². The first-order valence-electron chi connectivity index (χ1n) is 10.6. The fourth-order valence-electron chi connectivity index (χ4n) is 3.69. The summed E-state index contributed by atoms with van der Waals surface area (Å²) in [5, 5.41) is 3.56. The predicted molar refractivity (Wildman–Crippen MR) is 127 cm³/mol. The predicted octanol–water partition coefficient (Wildman–Crippen LogP) is 4.64. The summed E-state index contributed by atoms with van der Waals surface area (Å²) in [5.41, 5.74) is 1.30. The second-order valence-electron chi connectivity index (χ2n) is 8.19. The molecule has 174 valence electrons. The van der Waals surface area contributed by atoms with Gasteiger partial charge in [0.05, 0.1) is 17.8 Å². The lowest BCUT2D eigenvalue weighted by molar-refractivity contribution is -0.126. The summed E-state index contributed by atoms with van der Waals surface area (Å²) in [6, 6.07) is 12.5. The molecule has 1 aliphatic rings. The van der Waals surface area contributed by atoms with Crippen molar-refractivity contribution in [2.24, 2.45) is 5.92 Å². The Bertz CT molecular complexity index is 1040. The number of nitrogens with zero attached hydrogens (tertiary/aromatic N) is 1.